The molecule has 3 N–H and O–H groups in total. The molecule has 0 radical (unpaired) electrons. The van der Waals surface area contributed by atoms with E-state index >= 15 is 0 Å². The molecule has 0 bridgehead atoms. The maximum atomic E-state index is 12.2. The predicted molar refractivity (Wildman–Crippen MR) is 109 cm³/mol. The summed E-state index contributed by atoms with van der Waals surface area (Å²) in [7, 11) is 0. The SMILES string of the molecule is Cc1cc([N+](=O)[O-])cc([N+](=O)[O-])c1O.O=C1c2ccccc2C(=O)c2c1ccc(O)c2O. The molecule has 0 saturated carbocycles. The number of carbonyl (C=O) groups is 2. The van der Waals surface area contributed by atoms with Crippen molar-refractivity contribution in [1.29, 1.82) is 0 Å². The fourth-order valence-electron chi connectivity index (χ4n) is 3.14. The van der Waals surface area contributed by atoms with Crippen LogP contribution in [-0.2, 0) is 0 Å². The third kappa shape index (κ3) is 3.69. The van der Waals surface area contributed by atoms with Crippen LogP contribution in [0.1, 0.15) is 37.4 Å². The molecule has 3 aromatic rings. The number of ketones is 2. The number of nitro groups is 2. The van der Waals surface area contributed by atoms with E-state index in [4.69, 9.17) is 0 Å². The van der Waals surface area contributed by atoms with Crippen molar-refractivity contribution in [1.82, 2.24) is 0 Å². The Morgan fingerprint density at radius 3 is 1.91 bits per heavy atom. The van der Waals surface area contributed by atoms with Crippen LogP contribution in [0.25, 0.3) is 0 Å². The predicted octanol–water partition coefficient (Wildman–Crippen LogP) is 3.39. The molecule has 3 aromatic carbocycles. The summed E-state index contributed by atoms with van der Waals surface area (Å²) in [5.41, 5.74) is -0.404. The van der Waals surface area contributed by atoms with Crippen molar-refractivity contribution in [2.45, 2.75) is 6.92 Å². The van der Waals surface area contributed by atoms with Gasteiger partial charge >= 0.3 is 5.69 Å². The van der Waals surface area contributed by atoms with Crippen molar-refractivity contribution in [3.8, 4) is 17.2 Å². The van der Waals surface area contributed by atoms with Gasteiger partial charge in [-0.15, -0.1) is 0 Å². The molecule has 0 heterocycles. The van der Waals surface area contributed by atoms with Gasteiger partial charge < -0.3 is 15.3 Å². The number of nitro benzene ring substituents is 2. The largest absolute Gasteiger partial charge is 0.504 e. The van der Waals surface area contributed by atoms with Crippen molar-refractivity contribution in [2.24, 2.45) is 0 Å². The molecule has 0 saturated heterocycles. The summed E-state index contributed by atoms with van der Waals surface area (Å²) in [6, 6.07) is 10.8. The van der Waals surface area contributed by atoms with E-state index in [9.17, 15) is 45.1 Å². The maximum Gasteiger partial charge on any atom is 0.317 e. The number of phenols is 3. The quantitative estimate of drug-likeness (QED) is 0.240. The molecule has 0 unspecified atom stereocenters. The number of hydrogen-bond acceptors (Lipinski definition) is 9. The Morgan fingerprint density at radius 1 is 0.750 bits per heavy atom. The van der Waals surface area contributed by atoms with E-state index in [-0.39, 0.29) is 28.0 Å². The summed E-state index contributed by atoms with van der Waals surface area (Å²) in [4.78, 5) is 43.5. The number of fused-ring (bicyclic) bond motifs is 2. The minimum absolute atomic E-state index is 0.103. The highest BCUT2D eigenvalue weighted by Gasteiger charge is 2.32. The first-order chi connectivity index (χ1) is 15.0. The third-order valence-corrected chi connectivity index (χ3v) is 4.72. The fraction of sp³-hybridized carbons (Fsp3) is 0.0476. The van der Waals surface area contributed by atoms with Crippen LogP contribution >= 0.6 is 0 Å². The summed E-state index contributed by atoms with van der Waals surface area (Å²) in [6.45, 7) is 1.36. The average Bonchev–Trinajstić information content (AvgIpc) is 2.75. The second-order valence-corrected chi connectivity index (χ2v) is 6.70. The first-order valence-electron chi connectivity index (χ1n) is 8.90. The summed E-state index contributed by atoms with van der Waals surface area (Å²) in [5, 5.41) is 49.1. The van der Waals surface area contributed by atoms with Crippen molar-refractivity contribution in [3.05, 3.63) is 96.6 Å². The number of carbonyl (C=O) groups excluding carboxylic acids is 2. The number of aromatic hydroxyl groups is 3. The molecule has 1 aliphatic carbocycles. The normalized spacial score (nSPS) is 11.7. The molecule has 0 amide bonds. The summed E-state index contributed by atoms with van der Waals surface area (Å²) in [6.07, 6.45) is 0. The smallest absolute Gasteiger partial charge is 0.317 e. The van der Waals surface area contributed by atoms with Crippen molar-refractivity contribution < 1.29 is 34.8 Å². The molecule has 11 heteroatoms. The van der Waals surface area contributed by atoms with Gasteiger partial charge in [0, 0.05) is 28.3 Å². The molecular formula is C21H14N2O9. The molecule has 1 aliphatic rings. The summed E-state index contributed by atoms with van der Waals surface area (Å²) in [5.74, 6) is -2.26. The molecule has 4 rings (SSSR count). The van der Waals surface area contributed by atoms with Gasteiger partial charge in [0.2, 0.25) is 0 Å². The van der Waals surface area contributed by atoms with Crippen molar-refractivity contribution in [2.75, 3.05) is 0 Å². The average molecular weight is 438 g/mol. The van der Waals surface area contributed by atoms with Gasteiger partial charge in [0.05, 0.1) is 21.5 Å². The van der Waals surface area contributed by atoms with Crippen LogP contribution in [0.5, 0.6) is 17.2 Å². The molecule has 0 aromatic heterocycles. The Bertz CT molecular complexity index is 1310. The number of benzene rings is 3. The zero-order valence-electron chi connectivity index (χ0n) is 16.3. The van der Waals surface area contributed by atoms with Crippen LogP contribution < -0.4 is 0 Å². The van der Waals surface area contributed by atoms with Crippen LogP contribution in [0.3, 0.4) is 0 Å². The van der Waals surface area contributed by atoms with Gasteiger partial charge in [-0.3, -0.25) is 29.8 Å². The van der Waals surface area contributed by atoms with Crippen molar-refractivity contribution in [3.63, 3.8) is 0 Å². The number of non-ortho nitro benzene ring substituents is 1. The first kappa shape index (κ1) is 21.9. The number of aryl methyl sites for hydroxylation is 1. The molecule has 32 heavy (non-hydrogen) atoms. The van der Waals surface area contributed by atoms with E-state index in [1.54, 1.807) is 18.2 Å². The molecule has 0 fully saturated rings. The summed E-state index contributed by atoms with van der Waals surface area (Å²) < 4.78 is 0. The standard InChI is InChI=1S/C14H8O4.C7H6N2O5/c15-10-6-5-9-11(14(10)18)13(17)8-4-2-1-3-7(8)12(9)16;1-4-2-5(8(11)12)3-6(7(4)10)9(13)14/h1-6,15,18H;2-3,10H,1H3. The van der Waals surface area contributed by atoms with E-state index in [0.717, 1.165) is 12.1 Å². The zero-order valence-corrected chi connectivity index (χ0v) is 16.3. The second kappa shape index (κ2) is 8.14. The lowest BCUT2D eigenvalue weighted by molar-refractivity contribution is -0.394. The van der Waals surface area contributed by atoms with E-state index in [1.165, 1.54) is 25.1 Å². The van der Waals surface area contributed by atoms with Gasteiger partial charge in [-0.05, 0) is 19.1 Å². The minimum Gasteiger partial charge on any atom is -0.504 e. The lowest BCUT2D eigenvalue weighted by Crippen LogP contribution is -2.20. The maximum absolute atomic E-state index is 12.2. The monoisotopic (exact) mass is 438 g/mol. The zero-order chi connectivity index (χ0) is 23.7. The molecule has 11 nitrogen and oxygen atoms in total. The lowest BCUT2D eigenvalue weighted by atomic mass is 9.83. The summed E-state index contributed by atoms with van der Waals surface area (Å²) >= 11 is 0. The van der Waals surface area contributed by atoms with Crippen LogP contribution in [0.4, 0.5) is 11.4 Å². The van der Waals surface area contributed by atoms with Gasteiger partial charge in [-0.1, -0.05) is 24.3 Å². The van der Waals surface area contributed by atoms with Crippen LogP contribution in [0.15, 0.2) is 48.5 Å². The molecule has 162 valence electrons. The lowest BCUT2D eigenvalue weighted by Gasteiger charge is -2.18. The van der Waals surface area contributed by atoms with Gasteiger partial charge in [-0.2, -0.15) is 0 Å². The first-order valence-corrected chi connectivity index (χ1v) is 8.90. The Hall–Kier alpha value is -4.80. The van der Waals surface area contributed by atoms with E-state index < -0.39 is 44.3 Å². The topological polar surface area (TPSA) is 181 Å². The third-order valence-electron chi connectivity index (χ3n) is 4.72. The Balaban J connectivity index is 0.000000188. The number of rotatable bonds is 2. The number of phenolic OH excluding ortho intramolecular Hbond substituents is 3. The van der Waals surface area contributed by atoms with Crippen molar-refractivity contribution >= 4 is 22.9 Å². The van der Waals surface area contributed by atoms with Crippen LogP contribution in [-0.4, -0.2) is 36.7 Å². The van der Waals surface area contributed by atoms with E-state index in [1.807, 2.05) is 0 Å². The number of nitrogens with zero attached hydrogens (tertiary/aromatic N) is 2. The highest BCUT2D eigenvalue weighted by molar-refractivity contribution is 6.29. The fourth-order valence-corrected chi connectivity index (χ4v) is 3.14. The van der Waals surface area contributed by atoms with E-state index in [0.29, 0.717) is 5.56 Å². The molecule has 0 aliphatic heterocycles. The Kier molecular flexibility index (Phi) is 5.57. The highest BCUT2D eigenvalue weighted by Crippen LogP contribution is 2.37. The molecule has 0 spiro atoms. The molecular weight excluding hydrogens is 424 g/mol. The minimum atomic E-state index is -0.866. The van der Waals surface area contributed by atoms with Gasteiger partial charge in [-0.25, -0.2) is 0 Å². The van der Waals surface area contributed by atoms with Crippen LogP contribution in [0, 0.1) is 27.2 Å². The molecule has 0 atom stereocenters. The number of hydrogen-bond donors (Lipinski definition) is 3. The Labute approximate surface area is 179 Å². The van der Waals surface area contributed by atoms with Crippen LogP contribution in [0.2, 0.25) is 0 Å². The van der Waals surface area contributed by atoms with Gasteiger partial charge in [0.15, 0.2) is 28.8 Å². The van der Waals surface area contributed by atoms with E-state index in [2.05, 4.69) is 0 Å². The van der Waals surface area contributed by atoms with Gasteiger partial charge in [0.1, 0.15) is 0 Å². The van der Waals surface area contributed by atoms with Gasteiger partial charge in [0.25, 0.3) is 5.69 Å². The highest BCUT2D eigenvalue weighted by atomic mass is 16.6. The Morgan fingerprint density at radius 2 is 1.34 bits per heavy atom. The second-order valence-electron chi connectivity index (χ2n) is 6.70.